The second-order valence-electron chi connectivity index (χ2n) is 9.53. The lowest BCUT2D eigenvalue weighted by Gasteiger charge is -2.32. The minimum absolute atomic E-state index is 0.549. The first-order chi connectivity index (χ1) is 13.3. The van der Waals surface area contributed by atoms with Crippen LogP contribution in [-0.4, -0.2) is 49.1 Å². The number of esters is 1. The molecule has 1 saturated heterocycles. The Kier molecular flexibility index (Phi) is 5.24. The molecule has 1 unspecified atom stereocenters. The normalized spacial score (nSPS) is 25.0. The van der Waals surface area contributed by atoms with E-state index in [1.165, 1.54) is 12.0 Å². The Bertz CT molecular complexity index is 800. The topological polar surface area (TPSA) is 74.3 Å². The maximum atomic E-state index is 13.1. The summed E-state index contributed by atoms with van der Waals surface area (Å²) in [7, 11) is 0.581. The summed E-state index contributed by atoms with van der Waals surface area (Å²) in [5.74, 6) is -1.10. The van der Waals surface area contributed by atoms with Crippen molar-refractivity contribution in [3.05, 3.63) is 29.8 Å². The number of rotatable bonds is 2. The molecule has 158 valence electrons. The number of carbonyl (C=O) groups is 2. The molecule has 2 heterocycles. The molecule has 0 aliphatic carbocycles. The number of carbonyl (C=O) groups excluding carboxylic acids is 2. The number of methoxy groups -OCH3 is 1. The highest BCUT2D eigenvalue weighted by Crippen LogP contribution is 2.48. The monoisotopic (exact) mass is 403 g/mol. The quantitative estimate of drug-likeness (QED) is 0.554. The van der Waals surface area contributed by atoms with Gasteiger partial charge in [0.05, 0.1) is 29.8 Å². The van der Waals surface area contributed by atoms with E-state index in [1.54, 1.807) is 26.8 Å². The molecular formula is C21H30BNO6. The van der Waals surface area contributed by atoms with E-state index in [0.29, 0.717) is 5.69 Å². The molecule has 0 spiro atoms. The van der Waals surface area contributed by atoms with Gasteiger partial charge in [-0.3, -0.25) is 4.90 Å². The average molecular weight is 403 g/mol. The van der Waals surface area contributed by atoms with Gasteiger partial charge in [0.2, 0.25) is 0 Å². The van der Waals surface area contributed by atoms with Crippen molar-refractivity contribution < 1.29 is 28.4 Å². The summed E-state index contributed by atoms with van der Waals surface area (Å²) in [5.41, 5.74) is -0.488. The maximum absolute atomic E-state index is 13.1. The number of anilines is 1. The van der Waals surface area contributed by atoms with E-state index in [2.05, 4.69) is 0 Å². The zero-order chi connectivity index (χ0) is 21.8. The minimum atomic E-state index is -0.957. The van der Waals surface area contributed by atoms with Crippen molar-refractivity contribution in [1.82, 2.24) is 0 Å². The van der Waals surface area contributed by atoms with Crippen LogP contribution in [0.1, 0.15) is 59.8 Å². The summed E-state index contributed by atoms with van der Waals surface area (Å²) in [5, 5.41) is 0. The Morgan fingerprint density at radius 3 is 2.14 bits per heavy atom. The summed E-state index contributed by atoms with van der Waals surface area (Å²) in [6, 6.07) is 6.40. The summed E-state index contributed by atoms with van der Waals surface area (Å²) in [6.45, 7) is 13.2. The largest absolute Gasteiger partial charge is 0.468 e. The molecule has 0 bridgehead atoms. The Labute approximate surface area is 172 Å². The molecule has 1 aromatic rings. The van der Waals surface area contributed by atoms with Crippen molar-refractivity contribution >= 4 is 24.9 Å². The molecule has 1 fully saturated rings. The summed E-state index contributed by atoms with van der Waals surface area (Å²) in [6.07, 6.45) is -0.612. The first-order valence-corrected chi connectivity index (χ1v) is 9.84. The highest BCUT2D eigenvalue weighted by Gasteiger charge is 2.61. The summed E-state index contributed by atoms with van der Waals surface area (Å²) < 4.78 is 23.2. The van der Waals surface area contributed by atoms with Crippen LogP contribution in [0.5, 0.6) is 0 Å². The van der Waals surface area contributed by atoms with Crippen LogP contribution in [0.3, 0.4) is 0 Å². The molecule has 3 rings (SSSR count). The minimum Gasteiger partial charge on any atom is -0.467 e. The molecule has 1 amide bonds. The van der Waals surface area contributed by atoms with Gasteiger partial charge in [-0.15, -0.1) is 0 Å². The number of ether oxygens (including phenoxy) is 2. The third-order valence-corrected chi connectivity index (χ3v) is 5.77. The summed E-state index contributed by atoms with van der Waals surface area (Å²) in [4.78, 5) is 27.3. The smallest absolute Gasteiger partial charge is 0.467 e. The predicted octanol–water partition coefficient (Wildman–Crippen LogP) is 3.70. The van der Waals surface area contributed by atoms with E-state index in [9.17, 15) is 9.59 Å². The SMILES string of the molecule is COC(=O)C1[C@@H](B2OC(C)(C)C(C)(C)O2)c2ccccc2N1C(=O)OC(C)(C)C. The third-order valence-electron chi connectivity index (χ3n) is 5.77. The van der Waals surface area contributed by atoms with E-state index < -0.39 is 47.8 Å². The fourth-order valence-corrected chi connectivity index (χ4v) is 3.70. The van der Waals surface area contributed by atoms with Crippen molar-refractivity contribution in [1.29, 1.82) is 0 Å². The molecule has 8 heteroatoms. The number of hydrogen-bond donors (Lipinski definition) is 0. The second-order valence-corrected chi connectivity index (χ2v) is 9.53. The Morgan fingerprint density at radius 1 is 1.07 bits per heavy atom. The fourth-order valence-electron chi connectivity index (χ4n) is 3.70. The summed E-state index contributed by atoms with van der Waals surface area (Å²) >= 11 is 0. The highest BCUT2D eigenvalue weighted by molar-refractivity contribution is 6.49. The maximum Gasteiger partial charge on any atom is 0.468 e. The Hall–Kier alpha value is -2.06. The molecule has 2 atom stereocenters. The Balaban J connectivity index is 2.08. The molecule has 7 nitrogen and oxygen atoms in total. The lowest BCUT2D eigenvalue weighted by atomic mass is 9.65. The van der Waals surface area contributed by atoms with Gasteiger partial charge in [-0.05, 0) is 60.1 Å². The molecule has 2 aliphatic rings. The first kappa shape index (κ1) is 21.6. The van der Waals surface area contributed by atoms with Gasteiger partial charge in [-0.2, -0.15) is 0 Å². The van der Waals surface area contributed by atoms with E-state index in [4.69, 9.17) is 18.8 Å². The van der Waals surface area contributed by atoms with Crippen molar-refractivity contribution in [2.75, 3.05) is 12.0 Å². The third kappa shape index (κ3) is 3.75. The molecule has 0 N–H and O–H groups in total. The van der Waals surface area contributed by atoms with Gasteiger partial charge in [-0.25, -0.2) is 9.59 Å². The molecule has 1 aromatic carbocycles. The lowest BCUT2D eigenvalue weighted by Crippen LogP contribution is -2.50. The van der Waals surface area contributed by atoms with E-state index in [0.717, 1.165) is 5.56 Å². The van der Waals surface area contributed by atoms with Crippen molar-refractivity contribution in [3.8, 4) is 0 Å². The molecule has 2 aliphatic heterocycles. The van der Waals surface area contributed by atoms with E-state index in [-0.39, 0.29) is 0 Å². The average Bonchev–Trinajstić information content (AvgIpc) is 3.03. The van der Waals surface area contributed by atoms with Gasteiger partial charge in [0.1, 0.15) is 11.6 Å². The van der Waals surface area contributed by atoms with Crippen LogP contribution in [0.15, 0.2) is 24.3 Å². The van der Waals surface area contributed by atoms with Gasteiger partial charge in [-0.1, -0.05) is 18.2 Å². The van der Waals surface area contributed by atoms with Crippen LogP contribution < -0.4 is 4.90 Å². The van der Waals surface area contributed by atoms with E-state index in [1.807, 2.05) is 45.9 Å². The van der Waals surface area contributed by atoms with Gasteiger partial charge < -0.3 is 18.8 Å². The van der Waals surface area contributed by atoms with Gasteiger partial charge in [0, 0.05) is 0 Å². The van der Waals surface area contributed by atoms with Crippen LogP contribution in [-0.2, 0) is 23.6 Å². The molecule has 29 heavy (non-hydrogen) atoms. The van der Waals surface area contributed by atoms with Crippen LogP contribution in [0.2, 0.25) is 0 Å². The first-order valence-electron chi connectivity index (χ1n) is 9.84. The number of fused-ring (bicyclic) bond motifs is 1. The number of amides is 1. The zero-order valence-corrected chi connectivity index (χ0v) is 18.4. The predicted molar refractivity (Wildman–Crippen MR) is 110 cm³/mol. The molecular weight excluding hydrogens is 373 g/mol. The van der Waals surface area contributed by atoms with Crippen molar-refractivity contribution in [2.24, 2.45) is 0 Å². The molecule has 0 aromatic heterocycles. The van der Waals surface area contributed by atoms with Crippen LogP contribution in [0.4, 0.5) is 10.5 Å². The van der Waals surface area contributed by atoms with Gasteiger partial charge in [0.25, 0.3) is 0 Å². The second kappa shape index (κ2) is 7.02. The molecule has 0 radical (unpaired) electrons. The number of para-hydroxylation sites is 1. The van der Waals surface area contributed by atoms with Crippen molar-refractivity contribution in [3.63, 3.8) is 0 Å². The standard InChI is InChI=1S/C21H30BNO6/c1-19(2,3)27-18(25)23-14-12-10-9-11-13(14)15(16(23)17(24)26-8)22-28-20(4,5)21(6,7)29-22/h9-12,15-16H,1-8H3/t15-,16?/m0/s1. The van der Waals surface area contributed by atoms with Crippen LogP contribution in [0.25, 0.3) is 0 Å². The van der Waals surface area contributed by atoms with Gasteiger partial charge in [0.15, 0.2) is 0 Å². The highest BCUT2D eigenvalue weighted by atomic mass is 16.7. The van der Waals surface area contributed by atoms with Crippen molar-refractivity contribution in [2.45, 2.75) is 77.1 Å². The zero-order valence-electron chi connectivity index (χ0n) is 18.4. The number of benzene rings is 1. The lowest BCUT2D eigenvalue weighted by molar-refractivity contribution is -0.142. The van der Waals surface area contributed by atoms with E-state index >= 15 is 0 Å². The Morgan fingerprint density at radius 2 is 1.62 bits per heavy atom. The molecule has 0 saturated carbocycles. The van der Waals surface area contributed by atoms with Gasteiger partial charge >= 0.3 is 19.2 Å². The van der Waals surface area contributed by atoms with Crippen LogP contribution in [0, 0.1) is 0 Å². The fraction of sp³-hybridized carbons (Fsp3) is 0.619. The number of hydrogen-bond acceptors (Lipinski definition) is 6. The number of nitrogens with zero attached hydrogens (tertiary/aromatic N) is 1. The van der Waals surface area contributed by atoms with Crippen LogP contribution >= 0.6 is 0 Å².